The molecule has 3 rings (SSSR count). The van der Waals surface area contributed by atoms with Crippen molar-refractivity contribution in [2.24, 2.45) is 5.92 Å². The van der Waals surface area contributed by atoms with Crippen molar-refractivity contribution in [3.05, 3.63) is 11.6 Å². The van der Waals surface area contributed by atoms with Crippen molar-refractivity contribution in [1.82, 2.24) is 5.32 Å². The number of allylic oxidation sites excluding steroid dienone is 1. The van der Waals surface area contributed by atoms with E-state index < -0.39 is 29.8 Å². The molecule has 8 heteroatoms. The summed E-state index contributed by atoms with van der Waals surface area (Å²) in [4.78, 5) is 35.6. The number of imide groups is 1. The van der Waals surface area contributed by atoms with Crippen molar-refractivity contribution in [2.75, 3.05) is 13.7 Å². The second-order valence-electron chi connectivity index (χ2n) is 9.26. The molecule has 1 N–H and O–H groups in total. The fraction of sp³-hybridized carbons (Fsp3) is 0.783. The van der Waals surface area contributed by atoms with Gasteiger partial charge in [0, 0.05) is 26.4 Å². The smallest absolute Gasteiger partial charge is 0.414 e. The van der Waals surface area contributed by atoms with Gasteiger partial charge in [-0.15, -0.1) is 0 Å². The van der Waals surface area contributed by atoms with Crippen LogP contribution >= 0.6 is 0 Å². The third kappa shape index (κ3) is 5.35. The standard InChI is InChI=1S/C23H35NO7/c1-6-15(25)8-10-18(26)24-21(27)30-16-11-12-23(13-29-23)20(19(16)28-5)22(4)17(31-22)9-7-14(2)3/h7,16-17,19-20H,6,8-13H2,1-5H3,(H,24,26,27)/t16-,17-,19-,20-,22?,23+/m1/s1. The van der Waals surface area contributed by atoms with Crippen molar-refractivity contribution < 1.29 is 33.3 Å². The van der Waals surface area contributed by atoms with Crippen LogP contribution in [0.4, 0.5) is 4.79 Å². The van der Waals surface area contributed by atoms with Crippen LogP contribution in [0.15, 0.2) is 11.6 Å². The minimum Gasteiger partial charge on any atom is -0.443 e. The summed E-state index contributed by atoms with van der Waals surface area (Å²) in [6.45, 7) is 8.59. The zero-order valence-electron chi connectivity index (χ0n) is 19.2. The Labute approximate surface area is 184 Å². The lowest BCUT2D eigenvalue weighted by molar-refractivity contribution is -0.127. The summed E-state index contributed by atoms with van der Waals surface area (Å²) in [7, 11) is 1.60. The lowest BCUT2D eigenvalue weighted by atomic mass is 9.68. The van der Waals surface area contributed by atoms with E-state index in [2.05, 4.69) is 32.2 Å². The van der Waals surface area contributed by atoms with E-state index in [0.717, 1.165) is 12.8 Å². The molecule has 174 valence electrons. The monoisotopic (exact) mass is 437 g/mol. The van der Waals surface area contributed by atoms with E-state index in [1.165, 1.54) is 5.57 Å². The van der Waals surface area contributed by atoms with Gasteiger partial charge < -0.3 is 18.9 Å². The Morgan fingerprint density at radius 1 is 1.23 bits per heavy atom. The number of carbonyl (C=O) groups is 3. The van der Waals surface area contributed by atoms with Gasteiger partial charge in [-0.25, -0.2) is 4.79 Å². The third-order valence-corrected chi connectivity index (χ3v) is 6.76. The minimum atomic E-state index is -0.810. The van der Waals surface area contributed by atoms with E-state index in [0.29, 0.717) is 19.4 Å². The predicted octanol–water partition coefficient (Wildman–Crippen LogP) is 3.07. The van der Waals surface area contributed by atoms with E-state index in [1.807, 2.05) is 0 Å². The Morgan fingerprint density at radius 2 is 1.94 bits per heavy atom. The molecule has 2 aliphatic heterocycles. The molecule has 1 unspecified atom stereocenters. The van der Waals surface area contributed by atoms with Gasteiger partial charge in [0.05, 0.1) is 18.6 Å². The summed E-state index contributed by atoms with van der Waals surface area (Å²) >= 11 is 0. The van der Waals surface area contributed by atoms with Crippen LogP contribution in [0.5, 0.6) is 0 Å². The number of methoxy groups -OCH3 is 1. The highest BCUT2D eigenvalue weighted by Gasteiger charge is 2.72. The van der Waals surface area contributed by atoms with Gasteiger partial charge in [-0.05, 0) is 40.0 Å². The van der Waals surface area contributed by atoms with Crippen LogP contribution in [-0.2, 0) is 28.5 Å². The summed E-state index contributed by atoms with van der Waals surface area (Å²) in [6, 6.07) is 0. The zero-order chi connectivity index (χ0) is 22.8. The number of alkyl carbamates (subject to hydrolysis) is 1. The van der Waals surface area contributed by atoms with E-state index in [9.17, 15) is 14.4 Å². The van der Waals surface area contributed by atoms with E-state index in [4.69, 9.17) is 18.9 Å². The van der Waals surface area contributed by atoms with Gasteiger partial charge in [-0.2, -0.15) is 0 Å². The van der Waals surface area contributed by atoms with Gasteiger partial charge in [-0.1, -0.05) is 18.6 Å². The topological polar surface area (TPSA) is 107 Å². The van der Waals surface area contributed by atoms with Gasteiger partial charge >= 0.3 is 6.09 Å². The van der Waals surface area contributed by atoms with Crippen molar-refractivity contribution >= 4 is 17.8 Å². The van der Waals surface area contributed by atoms with Crippen molar-refractivity contribution in [2.45, 2.75) is 95.7 Å². The van der Waals surface area contributed by atoms with E-state index in [-0.39, 0.29) is 36.2 Å². The Morgan fingerprint density at radius 3 is 2.52 bits per heavy atom. The number of Topliss-reactive ketones (excluding diaryl/α,β-unsaturated/α-hetero) is 1. The van der Waals surface area contributed by atoms with Crippen LogP contribution < -0.4 is 5.32 Å². The number of hydrogen-bond acceptors (Lipinski definition) is 7. The molecule has 1 aliphatic carbocycles. The van der Waals surface area contributed by atoms with Gasteiger partial charge in [0.1, 0.15) is 29.2 Å². The highest BCUT2D eigenvalue weighted by atomic mass is 16.6. The molecular weight excluding hydrogens is 402 g/mol. The SMILES string of the molecule is CCC(=O)CCC(=O)NC(=O)O[C@@H]1CC[C@]2(CO2)[C@@H](C2(C)O[C@@H]2CC=C(C)C)[C@@H]1OC. The molecule has 8 nitrogen and oxygen atoms in total. The third-order valence-electron chi connectivity index (χ3n) is 6.76. The fourth-order valence-corrected chi connectivity index (χ4v) is 4.84. The zero-order valence-corrected chi connectivity index (χ0v) is 19.2. The fourth-order valence-electron chi connectivity index (χ4n) is 4.84. The molecule has 2 amide bonds. The lowest BCUT2D eigenvalue weighted by Crippen LogP contribution is -2.56. The van der Waals surface area contributed by atoms with E-state index in [1.54, 1.807) is 14.0 Å². The van der Waals surface area contributed by atoms with Gasteiger partial charge in [0.25, 0.3) is 0 Å². The number of rotatable bonds is 9. The van der Waals surface area contributed by atoms with Gasteiger partial charge in [-0.3, -0.25) is 14.9 Å². The average molecular weight is 438 g/mol. The van der Waals surface area contributed by atoms with Gasteiger partial charge in [0.2, 0.25) is 5.91 Å². The maximum atomic E-state index is 12.3. The quantitative estimate of drug-likeness (QED) is 0.436. The number of carbonyl (C=O) groups excluding carboxylic acids is 3. The number of amides is 2. The molecule has 0 aromatic carbocycles. The first-order valence-corrected chi connectivity index (χ1v) is 11.1. The Hall–Kier alpha value is -1.77. The van der Waals surface area contributed by atoms with Crippen LogP contribution in [-0.4, -0.2) is 61.0 Å². The maximum Gasteiger partial charge on any atom is 0.414 e. The van der Waals surface area contributed by atoms with Crippen LogP contribution in [0, 0.1) is 5.92 Å². The molecule has 3 aliphatic rings. The first kappa shape index (κ1) is 23.9. The Balaban J connectivity index is 1.62. The summed E-state index contributed by atoms with van der Waals surface area (Å²) < 4.78 is 23.4. The predicted molar refractivity (Wildman–Crippen MR) is 112 cm³/mol. The molecule has 6 atom stereocenters. The second-order valence-corrected chi connectivity index (χ2v) is 9.26. The van der Waals surface area contributed by atoms with Crippen molar-refractivity contribution in [1.29, 1.82) is 0 Å². The number of hydrogen-bond donors (Lipinski definition) is 1. The lowest BCUT2D eigenvalue weighted by Gasteiger charge is -2.42. The number of ketones is 1. The number of epoxide rings is 2. The van der Waals surface area contributed by atoms with Crippen LogP contribution in [0.2, 0.25) is 0 Å². The Bertz CT molecular complexity index is 740. The first-order chi connectivity index (χ1) is 14.6. The first-order valence-electron chi connectivity index (χ1n) is 11.1. The molecule has 0 bridgehead atoms. The van der Waals surface area contributed by atoms with E-state index >= 15 is 0 Å². The summed E-state index contributed by atoms with van der Waals surface area (Å²) in [6.07, 6.45) is 3.10. The molecule has 2 heterocycles. The Kier molecular flexibility index (Phi) is 7.23. The van der Waals surface area contributed by atoms with Gasteiger partial charge in [0.15, 0.2) is 0 Å². The van der Waals surface area contributed by atoms with Crippen LogP contribution in [0.3, 0.4) is 0 Å². The normalized spacial score (nSPS) is 35.9. The number of ether oxygens (including phenoxy) is 4. The summed E-state index contributed by atoms with van der Waals surface area (Å²) in [5, 5.41) is 2.22. The molecule has 1 spiro atoms. The molecule has 1 saturated carbocycles. The van der Waals surface area contributed by atoms with Crippen LogP contribution in [0.25, 0.3) is 0 Å². The van der Waals surface area contributed by atoms with Crippen molar-refractivity contribution in [3.8, 4) is 0 Å². The van der Waals surface area contributed by atoms with Crippen LogP contribution in [0.1, 0.15) is 66.2 Å². The molecule has 31 heavy (non-hydrogen) atoms. The highest BCUT2D eigenvalue weighted by Crippen LogP contribution is 2.59. The second kappa shape index (κ2) is 9.38. The molecule has 0 aromatic heterocycles. The molecule has 3 fully saturated rings. The largest absolute Gasteiger partial charge is 0.443 e. The highest BCUT2D eigenvalue weighted by molar-refractivity contribution is 5.93. The molecule has 0 aromatic rings. The number of nitrogens with one attached hydrogen (secondary N) is 1. The average Bonchev–Trinajstić information content (AvgIpc) is 3.63. The minimum absolute atomic E-state index is 0.0202. The molecular formula is C23H35NO7. The summed E-state index contributed by atoms with van der Waals surface area (Å²) in [5.74, 6) is -0.618. The molecule has 0 radical (unpaired) electrons. The molecule has 2 saturated heterocycles. The maximum absolute atomic E-state index is 12.3. The van der Waals surface area contributed by atoms with Crippen molar-refractivity contribution in [3.63, 3.8) is 0 Å². The summed E-state index contributed by atoms with van der Waals surface area (Å²) in [5.41, 5.74) is 0.519.